The average Bonchev–Trinajstić information content (AvgIpc) is 3.21. The Morgan fingerprint density at radius 2 is 1.89 bits per heavy atom. The molecule has 0 atom stereocenters. The Hall–Kier alpha value is -2.28. The molecule has 1 aliphatic carbocycles. The number of aliphatic imine (C=N–C) groups is 1. The molecule has 0 unspecified atom stereocenters. The van der Waals surface area contributed by atoms with Crippen molar-refractivity contribution >= 4 is 23.7 Å². The van der Waals surface area contributed by atoms with Gasteiger partial charge in [-0.2, -0.15) is 0 Å². The fraction of sp³-hybridized carbons (Fsp3) is 0.619. The van der Waals surface area contributed by atoms with Crippen LogP contribution in [0.5, 0.6) is 0 Å². The van der Waals surface area contributed by atoms with Crippen LogP contribution in [0.15, 0.2) is 27.8 Å². The van der Waals surface area contributed by atoms with Gasteiger partial charge in [0.25, 0.3) is 0 Å². The molecule has 2 fully saturated rings. The lowest BCUT2D eigenvalue weighted by atomic mass is 9.79. The second kappa shape index (κ2) is 9.28. The van der Waals surface area contributed by atoms with Gasteiger partial charge in [0.05, 0.1) is 12.8 Å². The van der Waals surface area contributed by atoms with E-state index in [9.17, 15) is 14.4 Å². The Labute approximate surface area is 165 Å². The van der Waals surface area contributed by atoms with E-state index in [0.717, 1.165) is 32.7 Å². The molecule has 2 aliphatic rings. The number of furan rings is 1. The second-order valence-corrected chi connectivity index (χ2v) is 7.91. The summed E-state index contributed by atoms with van der Waals surface area (Å²) >= 11 is 0. The number of rotatable bonds is 6. The van der Waals surface area contributed by atoms with Gasteiger partial charge in [-0.05, 0) is 12.1 Å². The molecule has 28 heavy (non-hydrogen) atoms. The predicted molar refractivity (Wildman–Crippen MR) is 105 cm³/mol. The highest BCUT2D eigenvalue weighted by molar-refractivity contribution is 6.16. The van der Waals surface area contributed by atoms with Gasteiger partial charge >= 0.3 is 0 Å². The summed E-state index contributed by atoms with van der Waals surface area (Å²) in [6.07, 6.45) is 3.74. The molecular weight excluding hydrogens is 358 g/mol. The average molecular weight is 387 g/mol. The van der Waals surface area contributed by atoms with Crippen LogP contribution in [0.2, 0.25) is 0 Å². The number of carbonyl (C=O) groups excluding carboxylic acids is 3. The summed E-state index contributed by atoms with van der Waals surface area (Å²) in [5, 5.41) is 0. The third-order valence-corrected chi connectivity index (χ3v) is 5.51. The van der Waals surface area contributed by atoms with Gasteiger partial charge < -0.3 is 9.32 Å². The third kappa shape index (κ3) is 4.95. The molecular formula is C21H29N3O4. The molecule has 1 aliphatic heterocycles. The molecule has 1 saturated heterocycles. The Balaban J connectivity index is 1.41. The van der Waals surface area contributed by atoms with Crippen LogP contribution in [0, 0.1) is 11.8 Å². The van der Waals surface area contributed by atoms with Gasteiger partial charge in [-0.1, -0.05) is 13.8 Å². The van der Waals surface area contributed by atoms with E-state index in [1.807, 2.05) is 24.8 Å². The fourth-order valence-electron chi connectivity index (χ4n) is 3.82. The largest absolute Gasteiger partial charge is 0.469 e. The maximum Gasteiger partial charge on any atom is 0.225 e. The smallest absolute Gasteiger partial charge is 0.225 e. The van der Waals surface area contributed by atoms with Crippen molar-refractivity contribution in [2.24, 2.45) is 16.8 Å². The quantitative estimate of drug-likeness (QED) is 0.549. The van der Waals surface area contributed by atoms with Crippen molar-refractivity contribution in [3.63, 3.8) is 0 Å². The summed E-state index contributed by atoms with van der Waals surface area (Å²) in [4.78, 5) is 45.3. The van der Waals surface area contributed by atoms with E-state index in [0.29, 0.717) is 25.1 Å². The molecule has 2 heterocycles. The zero-order valence-corrected chi connectivity index (χ0v) is 16.7. The van der Waals surface area contributed by atoms with E-state index >= 15 is 0 Å². The number of carbonyl (C=O) groups is 3. The van der Waals surface area contributed by atoms with Gasteiger partial charge in [-0.3, -0.25) is 24.3 Å². The van der Waals surface area contributed by atoms with Crippen LogP contribution in [-0.2, 0) is 14.4 Å². The molecule has 1 aromatic rings. The maximum atomic E-state index is 12.4. The Bertz CT molecular complexity index is 700. The van der Waals surface area contributed by atoms with Crippen LogP contribution in [0.3, 0.4) is 0 Å². The molecule has 7 nitrogen and oxygen atoms in total. The lowest BCUT2D eigenvalue weighted by Gasteiger charge is -2.35. The number of Topliss-reactive ketones (excluding diaryl/α,β-unsaturated/α-hetero) is 2. The first kappa shape index (κ1) is 20.5. The molecule has 0 aromatic carbocycles. The van der Waals surface area contributed by atoms with Crippen molar-refractivity contribution in [1.82, 2.24) is 9.80 Å². The minimum Gasteiger partial charge on any atom is -0.469 e. The number of nitrogens with zero attached hydrogens (tertiary/aromatic N) is 3. The minimum atomic E-state index is -0.716. The lowest BCUT2D eigenvalue weighted by molar-refractivity contribution is -0.136. The minimum absolute atomic E-state index is 0.0362. The molecule has 152 valence electrons. The zero-order chi connectivity index (χ0) is 20.1. The first-order valence-electron chi connectivity index (χ1n) is 10.1. The molecule has 3 rings (SSSR count). The summed E-state index contributed by atoms with van der Waals surface area (Å²) in [6, 6.07) is 3.59. The van der Waals surface area contributed by atoms with Crippen LogP contribution in [0.4, 0.5) is 0 Å². The van der Waals surface area contributed by atoms with Crippen LogP contribution in [0.1, 0.15) is 38.4 Å². The van der Waals surface area contributed by atoms with Gasteiger partial charge in [-0.25, -0.2) is 0 Å². The molecule has 0 radical (unpaired) electrons. The lowest BCUT2D eigenvalue weighted by Crippen LogP contribution is -2.50. The molecule has 1 saturated carbocycles. The van der Waals surface area contributed by atoms with Crippen molar-refractivity contribution < 1.29 is 18.8 Å². The molecule has 7 heteroatoms. The monoisotopic (exact) mass is 387 g/mol. The van der Waals surface area contributed by atoms with E-state index in [1.165, 1.54) is 6.21 Å². The number of ketones is 2. The van der Waals surface area contributed by atoms with Gasteiger partial charge in [0.15, 0.2) is 0 Å². The van der Waals surface area contributed by atoms with E-state index in [4.69, 9.17) is 4.42 Å². The van der Waals surface area contributed by atoms with E-state index < -0.39 is 5.92 Å². The molecule has 0 spiro atoms. The van der Waals surface area contributed by atoms with E-state index in [-0.39, 0.29) is 29.3 Å². The zero-order valence-electron chi connectivity index (χ0n) is 16.7. The van der Waals surface area contributed by atoms with Crippen molar-refractivity contribution in [3.8, 4) is 0 Å². The third-order valence-electron chi connectivity index (χ3n) is 5.51. The molecule has 0 N–H and O–H groups in total. The topological polar surface area (TPSA) is 83.2 Å². The second-order valence-electron chi connectivity index (χ2n) is 7.91. The molecule has 0 bridgehead atoms. The van der Waals surface area contributed by atoms with Gasteiger partial charge in [0.1, 0.15) is 23.2 Å². The highest BCUT2D eigenvalue weighted by Crippen LogP contribution is 2.31. The van der Waals surface area contributed by atoms with Gasteiger partial charge in [-0.15, -0.1) is 0 Å². The first-order valence-corrected chi connectivity index (χ1v) is 10.1. The number of amides is 1. The van der Waals surface area contributed by atoms with Crippen molar-refractivity contribution in [2.75, 3.05) is 39.3 Å². The highest BCUT2D eigenvalue weighted by atomic mass is 16.3. The standard InChI is InChI=1S/C21H29N3O4/c1-15(2)21(27)24-9-7-23(8-10-24)6-5-22-14-17-18(25)12-16(13-19(17)26)20-4-3-11-28-20/h3-4,11,14-17H,5-10,12-13H2,1-2H3. The summed E-state index contributed by atoms with van der Waals surface area (Å²) in [5.41, 5.74) is 0. The Morgan fingerprint density at radius 1 is 1.21 bits per heavy atom. The number of hydrogen-bond donors (Lipinski definition) is 0. The molecule has 1 aromatic heterocycles. The molecule has 1 amide bonds. The summed E-state index contributed by atoms with van der Waals surface area (Å²) in [5.74, 6) is -0.0817. The van der Waals surface area contributed by atoms with E-state index in [1.54, 1.807) is 12.3 Å². The SMILES string of the molecule is CC(C)C(=O)N1CCN(CCN=CC2C(=O)CC(c3ccco3)CC2=O)CC1. The Morgan fingerprint density at radius 3 is 2.46 bits per heavy atom. The number of hydrogen-bond acceptors (Lipinski definition) is 6. The van der Waals surface area contributed by atoms with Crippen LogP contribution in [-0.4, -0.2) is 72.8 Å². The van der Waals surface area contributed by atoms with Crippen LogP contribution >= 0.6 is 0 Å². The summed E-state index contributed by atoms with van der Waals surface area (Å²) in [7, 11) is 0. The fourth-order valence-corrected chi connectivity index (χ4v) is 3.82. The van der Waals surface area contributed by atoms with Gasteiger partial charge in [0.2, 0.25) is 5.91 Å². The van der Waals surface area contributed by atoms with Crippen LogP contribution < -0.4 is 0 Å². The van der Waals surface area contributed by atoms with E-state index in [2.05, 4.69) is 9.89 Å². The first-order chi connectivity index (χ1) is 13.5. The summed E-state index contributed by atoms with van der Waals surface area (Å²) in [6.45, 7) is 8.33. The normalized spacial score (nSPS) is 24.5. The predicted octanol–water partition coefficient (Wildman–Crippen LogP) is 1.78. The number of piperazine rings is 1. The maximum absolute atomic E-state index is 12.4. The Kier molecular flexibility index (Phi) is 6.78. The van der Waals surface area contributed by atoms with Gasteiger partial charge in [0, 0.05) is 63.6 Å². The summed E-state index contributed by atoms with van der Waals surface area (Å²) < 4.78 is 5.34. The van der Waals surface area contributed by atoms with Crippen molar-refractivity contribution in [1.29, 1.82) is 0 Å². The van der Waals surface area contributed by atoms with Crippen LogP contribution in [0.25, 0.3) is 0 Å². The van der Waals surface area contributed by atoms with Crippen molar-refractivity contribution in [2.45, 2.75) is 32.6 Å². The van der Waals surface area contributed by atoms with Crippen molar-refractivity contribution in [3.05, 3.63) is 24.2 Å². The highest BCUT2D eigenvalue weighted by Gasteiger charge is 2.36.